The first-order chi connectivity index (χ1) is 6.07. The Morgan fingerprint density at radius 1 is 1.54 bits per heavy atom. The summed E-state index contributed by atoms with van der Waals surface area (Å²) in [6, 6.07) is 0. The highest BCUT2D eigenvalue weighted by Gasteiger charge is 2.18. The van der Waals surface area contributed by atoms with Crippen molar-refractivity contribution in [3.8, 4) is 0 Å². The molecule has 6 heteroatoms. The van der Waals surface area contributed by atoms with Crippen molar-refractivity contribution < 1.29 is 13.2 Å². The number of nitrogens with zero attached hydrogens (tertiary/aromatic N) is 1. The van der Waals surface area contributed by atoms with E-state index in [1.54, 1.807) is 0 Å². The molecule has 0 radical (unpaired) electrons. The quantitative estimate of drug-likeness (QED) is 0.762. The lowest BCUT2D eigenvalue weighted by Gasteiger charge is -2.06. The van der Waals surface area contributed by atoms with Crippen molar-refractivity contribution in [1.29, 1.82) is 0 Å². The summed E-state index contributed by atoms with van der Waals surface area (Å²) in [5.74, 6) is -1.06. The highest BCUT2D eigenvalue weighted by molar-refractivity contribution is 6.17. The summed E-state index contributed by atoms with van der Waals surface area (Å²) in [6.07, 6.45) is -1.92. The molecule has 1 rings (SSSR count). The molecule has 1 aromatic heterocycles. The van der Waals surface area contributed by atoms with Crippen LogP contribution in [0.5, 0.6) is 0 Å². The predicted octanol–water partition coefficient (Wildman–Crippen LogP) is 2.48. The summed E-state index contributed by atoms with van der Waals surface area (Å²) >= 11 is 5.31. The van der Waals surface area contributed by atoms with Crippen LogP contribution < -0.4 is 5.73 Å². The van der Waals surface area contributed by atoms with Gasteiger partial charge in [0, 0.05) is 11.8 Å². The zero-order chi connectivity index (χ0) is 10.0. The molecule has 0 aliphatic heterocycles. The number of alkyl halides is 3. The van der Waals surface area contributed by atoms with Crippen LogP contribution in [0.2, 0.25) is 0 Å². The second-order valence-electron chi connectivity index (χ2n) is 2.33. The topological polar surface area (TPSA) is 38.9 Å². The minimum atomic E-state index is -2.88. The number of nitrogen functional groups attached to an aromatic ring is 1. The van der Waals surface area contributed by atoms with E-state index >= 15 is 0 Å². The Morgan fingerprint density at radius 2 is 2.15 bits per heavy atom. The molecule has 0 saturated heterocycles. The first-order valence-corrected chi connectivity index (χ1v) is 3.88. The Balaban J connectivity index is 3.23. The van der Waals surface area contributed by atoms with Gasteiger partial charge in [0.2, 0.25) is 0 Å². The zero-order valence-corrected chi connectivity index (χ0v) is 7.15. The van der Waals surface area contributed by atoms with Gasteiger partial charge in [-0.15, -0.1) is 11.6 Å². The second kappa shape index (κ2) is 3.83. The predicted molar refractivity (Wildman–Crippen MR) is 43.1 cm³/mol. The number of halogens is 4. The number of hydrogen-bond acceptors (Lipinski definition) is 2. The number of anilines is 1. The molecule has 72 valence electrons. The van der Waals surface area contributed by atoms with Crippen LogP contribution in [-0.4, -0.2) is 4.98 Å². The van der Waals surface area contributed by atoms with Gasteiger partial charge in [0.05, 0.1) is 11.6 Å². The fourth-order valence-electron chi connectivity index (χ4n) is 0.826. The molecule has 1 heterocycles. The second-order valence-corrected chi connectivity index (χ2v) is 2.60. The first kappa shape index (κ1) is 10.1. The van der Waals surface area contributed by atoms with E-state index in [-0.39, 0.29) is 11.4 Å². The zero-order valence-electron chi connectivity index (χ0n) is 6.40. The average molecular weight is 211 g/mol. The van der Waals surface area contributed by atoms with Crippen molar-refractivity contribution in [3.05, 3.63) is 23.3 Å². The van der Waals surface area contributed by atoms with Crippen LogP contribution in [0.25, 0.3) is 0 Å². The van der Waals surface area contributed by atoms with Gasteiger partial charge in [0.1, 0.15) is 5.69 Å². The molecule has 13 heavy (non-hydrogen) atoms. The fraction of sp³-hybridized carbons (Fsp3) is 0.286. The molecule has 0 fully saturated rings. The molecule has 0 atom stereocenters. The van der Waals surface area contributed by atoms with Crippen molar-refractivity contribution in [2.75, 3.05) is 5.73 Å². The lowest BCUT2D eigenvalue weighted by atomic mass is 10.2. The van der Waals surface area contributed by atoms with Crippen LogP contribution in [0, 0.1) is 5.82 Å². The van der Waals surface area contributed by atoms with Crippen molar-refractivity contribution >= 4 is 17.3 Å². The van der Waals surface area contributed by atoms with Crippen LogP contribution in [0.15, 0.2) is 6.20 Å². The monoisotopic (exact) mass is 210 g/mol. The SMILES string of the molecule is Nc1c(C(F)F)ncc(CCl)c1F. The largest absolute Gasteiger partial charge is 0.395 e. The summed E-state index contributed by atoms with van der Waals surface area (Å²) in [6.45, 7) is 0. The fourth-order valence-corrected chi connectivity index (χ4v) is 1.01. The standard InChI is InChI=1S/C7H6ClF3N2/c8-1-3-2-13-6(7(10)11)5(12)4(3)9/h2,7H,1,12H2. The maximum Gasteiger partial charge on any atom is 0.282 e. The number of pyridine rings is 1. The van der Waals surface area contributed by atoms with Gasteiger partial charge in [0.15, 0.2) is 5.82 Å². The van der Waals surface area contributed by atoms with Crippen LogP contribution in [0.3, 0.4) is 0 Å². The van der Waals surface area contributed by atoms with E-state index in [1.165, 1.54) is 0 Å². The molecule has 0 bridgehead atoms. The third-order valence-corrected chi connectivity index (χ3v) is 1.79. The van der Waals surface area contributed by atoms with Crippen LogP contribution in [0.1, 0.15) is 17.7 Å². The first-order valence-electron chi connectivity index (χ1n) is 3.34. The van der Waals surface area contributed by atoms with Gasteiger partial charge in [0.25, 0.3) is 6.43 Å². The maximum absolute atomic E-state index is 13.0. The molecule has 2 nitrogen and oxygen atoms in total. The molecular formula is C7H6ClF3N2. The Bertz CT molecular complexity index is 317. The molecule has 0 aromatic carbocycles. The van der Waals surface area contributed by atoms with Gasteiger partial charge >= 0.3 is 0 Å². The summed E-state index contributed by atoms with van der Waals surface area (Å²) < 4.78 is 37.2. The van der Waals surface area contributed by atoms with E-state index in [9.17, 15) is 13.2 Å². The third kappa shape index (κ3) is 1.85. The summed E-state index contributed by atoms with van der Waals surface area (Å²) in [4.78, 5) is 3.31. The van der Waals surface area contributed by atoms with Gasteiger partial charge in [-0.05, 0) is 0 Å². The summed E-state index contributed by atoms with van der Waals surface area (Å²) in [5.41, 5.74) is 3.73. The number of hydrogen-bond donors (Lipinski definition) is 1. The Hall–Kier alpha value is -0.970. The van der Waals surface area contributed by atoms with Crippen LogP contribution in [-0.2, 0) is 5.88 Å². The number of aromatic nitrogens is 1. The Kier molecular flexibility index (Phi) is 2.98. The highest BCUT2D eigenvalue weighted by Crippen LogP contribution is 2.26. The Morgan fingerprint density at radius 3 is 2.62 bits per heavy atom. The van der Waals surface area contributed by atoms with E-state index in [0.29, 0.717) is 0 Å². The molecule has 0 aliphatic carbocycles. The molecular weight excluding hydrogens is 205 g/mol. The third-order valence-electron chi connectivity index (χ3n) is 1.50. The van der Waals surface area contributed by atoms with Crippen molar-refractivity contribution in [3.63, 3.8) is 0 Å². The molecule has 1 aromatic rings. The van der Waals surface area contributed by atoms with Gasteiger partial charge < -0.3 is 5.73 Å². The molecule has 0 spiro atoms. The lowest BCUT2D eigenvalue weighted by Crippen LogP contribution is -2.04. The average Bonchev–Trinajstić information content (AvgIpc) is 2.09. The number of nitrogens with two attached hydrogens (primary N) is 1. The molecule has 0 amide bonds. The van der Waals surface area contributed by atoms with Crippen LogP contribution in [0.4, 0.5) is 18.9 Å². The van der Waals surface area contributed by atoms with Crippen molar-refractivity contribution in [2.24, 2.45) is 0 Å². The summed E-state index contributed by atoms with van der Waals surface area (Å²) in [5, 5.41) is 0. The number of rotatable bonds is 2. The van der Waals surface area contributed by atoms with Crippen molar-refractivity contribution in [1.82, 2.24) is 4.98 Å². The summed E-state index contributed by atoms with van der Waals surface area (Å²) in [7, 11) is 0. The van der Waals surface area contributed by atoms with E-state index < -0.39 is 23.6 Å². The maximum atomic E-state index is 13.0. The lowest BCUT2D eigenvalue weighted by molar-refractivity contribution is 0.146. The normalized spacial score (nSPS) is 10.8. The van der Waals surface area contributed by atoms with E-state index in [2.05, 4.69) is 4.98 Å². The van der Waals surface area contributed by atoms with E-state index in [0.717, 1.165) is 6.20 Å². The molecule has 0 aliphatic rings. The minimum Gasteiger partial charge on any atom is -0.395 e. The molecule has 0 saturated carbocycles. The molecule has 0 unspecified atom stereocenters. The minimum absolute atomic E-state index is 0.0172. The van der Waals surface area contributed by atoms with E-state index in [1.807, 2.05) is 0 Å². The van der Waals surface area contributed by atoms with Gasteiger partial charge in [-0.2, -0.15) is 0 Å². The van der Waals surface area contributed by atoms with Crippen molar-refractivity contribution in [2.45, 2.75) is 12.3 Å². The smallest absolute Gasteiger partial charge is 0.282 e. The van der Waals surface area contributed by atoms with Gasteiger partial charge in [-0.3, -0.25) is 4.98 Å². The van der Waals surface area contributed by atoms with Gasteiger partial charge in [-0.1, -0.05) is 0 Å². The Labute approximate surface area is 77.5 Å². The van der Waals surface area contributed by atoms with E-state index in [4.69, 9.17) is 17.3 Å². The highest BCUT2D eigenvalue weighted by atomic mass is 35.5. The molecule has 2 N–H and O–H groups in total. The van der Waals surface area contributed by atoms with Gasteiger partial charge in [-0.25, -0.2) is 13.2 Å². The van der Waals surface area contributed by atoms with Crippen LogP contribution >= 0.6 is 11.6 Å².